The van der Waals surface area contributed by atoms with Gasteiger partial charge in [-0.2, -0.15) is 0 Å². The largest absolute Gasteiger partial charge is 0.480 e. The van der Waals surface area contributed by atoms with Gasteiger partial charge in [-0.25, -0.2) is 4.79 Å². The minimum Gasteiger partial charge on any atom is -0.480 e. The molecule has 5 nitrogen and oxygen atoms in total. The second-order valence-corrected chi connectivity index (χ2v) is 3.78. The minimum absolute atomic E-state index is 0.0516. The summed E-state index contributed by atoms with van der Waals surface area (Å²) in [6.07, 6.45) is 4.37. The fourth-order valence-corrected chi connectivity index (χ4v) is 1.37. The van der Waals surface area contributed by atoms with Crippen molar-refractivity contribution in [2.24, 2.45) is 0 Å². The summed E-state index contributed by atoms with van der Waals surface area (Å²) in [6, 6.07) is -0.969. The summed E-state index contributed by atoms with van der Waals surface area (Å²) in [7, 11) is 0. The van der Waals surface area contributed by atoms with Crippen LogP contribution in [0, 0.1) is 0 Å². The predicted octanol–water partition coefficient (Wildman–Crippen LogP) is 0.909. The van der Waals surface area contributed by atoms with Crippen LogP contribution < -0.4 is 5.32 Å². The molecule has 3 N–H and O–H groups in total. The van der Waals surface area contributed by atoms with E-state index < -0.39 is 12.0 Å². The van der Waals surface area contributed by atoms with Crippen LogP contribution in [0.25, 0.3) is 0 Å². The zero-order valence-electron chi connectivity index (χ0n) is 9.74. The molecule has 0 saturated carbocycles. The third kappa shape index (κ3) is 7.23. The number of carbonyl (C=O) groups excluding carboxylic acids is 1. The van der Waals surface area contributed by atoms with Crippen molar-refractivity contribution < 1.29 is 19.8 Å². The van der Waals surface area contributed by atoms with Crippen LogP contribution in [0.4, 0.5) is 0 Å². The molecule has 0 bridgehead atoms. The van der Waals surface area contributed by atoms with Crippen LogP contribution in [0.1, 0.15) is 45.4 Å². The number of aliphatic carboxylic acids is 1. The molecule has 0 spiro atoms. The first-order valence-corrected chi connectivity index (χ1v) is 5.74. The van der Waals surface area contributed by atoms with Gasteiger partial charge in [-0.1, -0.05) is 26.2 Å². The molecule has 0 heterocycles. The summed E-state index contributed by atoms with van der Waals surface area (Å²) in [4.78, 5) is 22.0. The Labute approximate surface area is 95.9 Å². The van der Waals surface area contributed by atoms with E-state index in [0.29, 0.717) is 6.42 Å². The number of rotatable bonds is 9. The van der Waals surface area contributed by atoms with Gasteiger partial charge < -0.3 is 15.5 Å². The molecule has 0 aromatic rings. The van der Waals surface area contributed by atoms with Crippen LogP contribution in [0.3, 0.4) is 0 Å². The molecule has 0 fully saturated rings. The topological polar surface area (TPSA) is 86.6 Å². The maximum absolute atomic E-state index is 11.3. The number of hydrogen-bond donors (Lipinski definition) is 3. The lowest BCUT2D eigenvalue weighted by Crippen LogP contribution is -2.41. The lowest BCUT2D eigenvalue weighted by molar-refractivity contribution is -0.142. The van der Waals surface area contributed by atoms with E-state index in [9.17, 15) is 9.59 Å². The van der Waals surface area contributed by atoms with Gasteiger partial charge in [-0.3, -0.25) is 4.79 Å². The van der Waals surface area contributed by atoms with Crippen molar-refractivity contribution in [3.8, 4) is 0 Å². The molecule has 0 saturated heterocycles. The second-order valence-electron chi connectivity index (χ2n) is 3.78. The van der Waals surface area contributed by atoms with Crippen LogP contribution in [0.2, 0.25) is 0 Å². The Kier molecular flexibility index (Phi) is 8.52. The average Bonchev–Trinajstić information content (AvgIpc) is 2.23. The first kappa shape index (κ1) is 14.9. The Balaban J connectivity index is 3.77. The van der Waals surface area contributed by atoms with Crippen LogP contribution in [-0.2, 0) is 9.59 Å². The molecular weight excluding hydrogens is 210 g/mol. The van der Waals surface area contributed by atoms with Crippen molar-refractivity contribution in [3.63, 3.8) is 0 Å². The Hall–Kier alpha value is -1.10. The van der Waals surface area contributed by atoms with Gasteiger partial charge in [0.05, 0.1) is 0 Å². The highest BCUT2D eigenvalue weighted by atomic mass is 16.4. The van der Waals surface area contributed by atoms with Crippen molar-refractivity contribution in [1.82, 2.24) is 5.32 Å². The number of hydrogen-bond acceptors (Lipinski definition) is 3. The number of unbranched alkanes of at least 4 members (excludes halogenated alkanes) is 3. The molecule has 0 aromatic heterocycles. The van der Waals surface area contributed by atoms with E-state index in [1.165, 1.54) is 0 Å². The van der Waals surface area contributed by atoms with Crippen molar-refractivity contribution in [1.29, 1.82) is 0 Å². The van der Waals surface area contributed by atoms with E-state index >= 15 is 0 Å². The SMILES string of the molecule is CCCCCCC(=O)NC(CCO)C(=O)O. The monoisotopic (exact) mass is 231 g/mol. The van der Waals surface area contributed by atoms with Gasteiger partial charge in [0, 0.05) is 19.4 Å². The highest BCUT2D eigenvalue weighted by Crippen LogP contribution is 2.03. The van der Waals surface area contributed by atoms with Crippen molar-refractivity contribution >= 4 is 11.9 Å². The number of carboxylic acids is 1. The molecule has 1 amide bonds. The van der Waals surface area contributed by atoms with Gasteiger partial charge in [0.1, 0.15) is 6.04 Å². The van der Waals surface area contributed by atoms with E-state index in [4.69, 9.17) is 10.2 Å². The summed E-state index contributed by atoms with van der Waals surface area (Å²) in [5, 5.41) is 19.8. The zero-order chi connectivity index (χ0) is 12.4. The number of amides is 1. The Bertz CT molecular complexity index is 218. The molecule has 0 aliphatic heterocycles. The zero-order valence-corrected chi connectivity index (χ0v) is 9.74. The molecule has 0 aliphatic carbocycles. The lowest BCUT2D eigenvalue weighted by Gasteiger charge is -2.12. The molecule has 0 rings (SSSR count). The maximum atomic E-state index is 11.3. The second kappa shape index (κ2) is 9.15. The van der Waals surface area contributed by atoms with E-state index in [2.05, 4.69) is 12.2 Å². The summed E-state index contributed by atoms with van der Waals surface area (Å²) in [6.45, 7) is 1.84. The first-order chi connectivity index (χ1) is 7.61. The molecule has 0 aliphatic rings. The smallest absolute Gasteiger partial charge is 0.326 e. The third-order valence-electron chi connectivity index (χ3n) is 2.31. The number of nitrogens with one attached hydrogen (secondary N) is 1. The van der Waals surface area contributed by atoms with Crippen molar-refractivity contribution in [2.75, 3.05) is 6.61 Å². The van der Waals surface area contributed by atoms with Crippen molar-refractivity contribution in [2.45, 2.75) is 51.5 Å². The van der Waals surface area contributed by atoms with Crippen LogP contribution in [0.5, 0.6) is 0 Å². The average molecular weight is 231 g/mol. The molecule has 1 unspecified atom stereocenters. The molecule has 5 heteroatoms. The van der Waals surface area contributed by atoms with Crippen molar-refractivity contribution in [3.05, 3.63) is 0 Å². The molecule has 94 valence electrons. The van der Waals surface area contributed by atoms with Gasteiger partial charge >= 0.3 is 5.97 Å². The van der Waals surface area contributed by atoms with E-state index in [1.54, 1.807) is 0 Å². The summed E-state index contributed by atoms with van der Waals surface area (Å²) in [5.74, 6) is -1.35. The van der Waals surface area contributed by atoms with E-state index in [-0.39, 0.29) is 18.9 Å². The third-order valence-corrected chi connectivity index (χ3v) is 2.31. The maximum Gasteiger partial charge on any atom is 0.326 e. The van der Waals surface area contributed by atoms with Crippen LogP contribution in [-0.4, -0.2) is 34.7 Å². The van der Waals surface area contributed by atoms with Gasteiger partial charge in [-0.15, -0.1) is 0 Å². The van der Waals surface area contributed by atoms with Gasteiger partial charge in [0.2, 0.25) is 5.91 Å². The molecule has 16 heavy (non-hydrogen) atoms. The van der Waals surface area contributed by atoms with Gasteiger partial charge in [-0.05, 0) is 6.42 Å². The Morgan fingerprint density at radius 3 is 2.44 bits per heavy atom. The van der Waals surface area contributed by atoms with E-state index in [1.807, 2.05) is 0 Å². The summed E-state index contributed by atoms with van der Waals surface area (Å²) >= 11 is 0. The number of aliphatic hydroxyl groups is 1. The Morgan fingerprint density at radius 2 is 1.94 bits per heavy atom. The standard InChI is InChI=1S/C11H21NO4/c1-2-3-4-5-6-10(14)12-9(7-8-13)11(15)16/h9,13H,2-8H2,1H3,(H,12,14)(H,15,16). The predicted molar refractivity (Wildman–Crippen MR) is 60.0 cm³/mol. The van der Waals surface area contributed by atoms with Gasteiger partial charge in [0.25, 0.3) is 0 Å². The first-order valence-electron chi connectivity index (χ1n) is 5.74. The highest BCUT2D eigenvalue weighted by molar-refractivity contribution is 5.83. The van der Waals surface area contributed by atoms with Gasteiger partial charge in [0.15, 0.2) is 0 Å². The molecular formula is C11H21NO4. The number of carboxylic acid groups (broad SMARTS) is 1. The van der Waals surface area contributed by atoms with Crippen LogP contribution >= 0.6 is 0 Å². The minimum atomic E-state index is -1.10. The number of aliphatic hydroxyl groups excluding tert-OH is 1. The normalized spacial score (nSPS) is 12.1. The lowest BCUT2D eigenvalue weighted by atomic mass is 10.1. The summed E-state index contributed by atoms with van der Waals surface area (Å²) in [5.41, 5.74) is 0. The van der Waals surface area contributed by atoms with Crippen LogP contribution in [0.15, 0.2) is 0 Å². The summed E-state index contributed by atoms with van der Waals surface area (Å²) < 4.78 is 0. The number of carbonyl (C=O) groups is 2. The Morgan fingerprint density at radius 1 is 1.25 bits per heavy atom. The molecule has 0 radical (unpaired) electrons. The fourth-order valence-electron chi connectivity index (χ4n) is 1.37. The fraction of sp³-hybridized carbons (Fsp3) is 0.818. The molecule has 0 aromatic carbocycles. The molecule has 1 atom stereocenters. The van der Waals surface area contributed by atoms with E-state index in [0.717, 1.165) is 25.7 Å². The quantitative estimate of drug-likeness (QED) is 0.515. The highest BCUT2D eigenvalue weighted by Gasteiger charge is 2.18.